The SMILES string of the molecule is O[C@@H](CN=c1sc2ccccc2n1-c1ccccc1)COc1ccccc1. The van der Waals surface area contributed by atoms with E-state index in [1.165, 1.54) is 0 Å². The molecule has 0 amide bonds. The Morgan fingerprint density at radius 1 is 0.889 bits per heavy atom. The van der Waals surface area contributed by atoms with E-state index in [9.17, 15) is 5.11 Å². The normalized spacial score (nSPS) is 13.0. The summed E-state index contributed by atoms with van der Waals surface area (Å²) >= 11 is 1.62. The molecule has 3 aromatic carbocycles. The third kappa shape index (κ3) is 4.10. The number of ether oxygens (including phenoxy) is 1. The Balaban J connectivity index is 1.59. The van der Waals surface area contributed by atoms with Gasteiger partial charge in [0.05, 0.1) is 16.8 Å². The summed E-state index contributed by atoms with van der Waals surface area (Å²) in [6, 6.07) is 27.9. The van der Waals surface area contributed by atoms with Crippen molar-refractivity contribution >= 4 is 21.6 Å². The van der Waals surface area contributed by atoms with E-state index in [0.29, 0.717) is 0 Å². The zero-order valence-electron chi connectivity index (χ0n) is 14.7. The Labute approximate surface area is 161 Å². The molecule has 4 rings (SSSR count). The molecule has 0 radical (unpaired) electrons. The molecular weight excluding hydrogens is 356 g/mol. The molecule has 0 saturated carbocycles. The van der Waals surface area contributed by atoms with Crippen LogP contribution in [0.1, 0.15) is 0 Å². The quantitative estimate of drug-likeness (QED) is 0.552. The summed E-state index contributed by atoms with van der Waals surface area (Å²) in [5, 5.41) is 10.3. The molecule has 0 bridgehead atoms. The molecule has 0 spiro atoms. The van der Waals surface area contributed by atoms with E-state index in [-0.39, 0.29) is 13.2 Å². The van der Waals surface area contributed by atoms with Crippen molar-refractivity contribution in [3.63, 3.8) is 0 Å². The second kappa shape index (κ2) is 8.20. The largest absolute Gasteiger partial charge is 0.491 e. The van der Waals surface area contributed by atoms with Crippen molar-refractivity contribution in [2.24, 2.45) is 4.99 Å². The van der Waals surface area contributed by atoms with Crippen molar-refractivity contribution in [2.45, 2.75) is 6.10 Å². The number of hydrogen-bond acceptors (Lipinski definition) is 4. The maximum absolute atomic E-state index is 10.3. The number of nitrogens with zero attached hydrogens (tertiary/aromatic N) is 2. The van der Waals surface area contributed by atoms with Crippen LogP contribution in [0.5, 0.6) is 5.75 Å². The van der Waals surface area contributed by atoms with Gasteiger partial charge in [0.15, 0.2) is 4.80 Å². The van der Waals surface area contributed by atoms with Gasteiger partial charge in [0, 0.05) is 5.69 Å². The highest BCUT2D eigenvalue weighted by Crippen LogP contribution is 2.20. The monoisotopic (exact) mass is 376 g/mol. The number of para-hydroxylation sites is 3. The maximum Gasteiger partial charge on any atom is 0.190 e. The molecule has 1 atom stereocenters. The lowest BCUT2D eigenvalue weighted by Crippen LogP contribution is -2.23. The van der Waals surface area contributed by atoms with Crippen LogP contribution in [-0.2, 0) is 0 Å². The van der Waals surface area contributed by atoms with Crippen molar-refractivity contribution in [3.8, 4) is 11.4 Å². The molecule has 0 aliphatic heterocycles. The highest BCUT2D eigenvalue weighted by Gasteiger charge is 2.09. The average molecular weight is 376 g/mol. The second-order valence-electron chi connectivity index (χ2n) is 6.14. The van der Waals surface area contributed by atoms with E-state index in [1.54, 1.807) is 11.3 Å². The van der Waals surface area contributed by atoms with Gasteiger partial charge in [-0.15, -0.1) is 0 Å². The van der Waals surface area contributed by atoms with E-state index in [1.807, 2.05) is 60.7 Å². The van der Waals surface area contributed by atoms with Crippen molar-refractivity contribution in [1.82, 2.24) is 4.57 Å². The first kappa shape index (κ1) is 17.5. The predicted molar refractivity (Wildman–Crippen MR) is 110 cm³/mol. The van der Waals surface area contributed by atoms with Gasteiger partial charge in [-0.2, -0.15) is 0 Å². The number of fused-ring (bicyclic) bond motifs is 1. The first-order chi connectivity index (χ1) is 13.3. The van der Waals surface area contributed by atoms with Crippen molar-refractivity contribution < 1.29 is 9.84 Å². The van der Waals surface area contributed by atoms with Crippen LogP contribution in [-0.4, -0.2) is 28.9 Å². The molecule has 1 N–H and O–H groups in total. The molecule has 0 saturated heterocycles. The van der Waals surface area contributed by atoms with Gasteiger partial charge in [0.25, 0.3) is 0 Å². The molecule has 1 heterocycles. The van der Waals surface area contributed by atoms with Crippen LogP contribution in [0, 0.1) is 0 Å². The minimum Gasteiger partial charge on any atom is -0.491 e. The standard InChI is InChI=1S/C22H20N2O2S/c25-18(16-26-19-11-5-2-6-12-19)15-23-22-24(17-9-3-1-4-10-17)20-13-7-8-14-21(20)27-22/h1-14,18,25H,15-16H2/t18-/m0/s1. The van der Waals surface area contributed by atoms with Crippen LogP contribution in [0.15, 0.2) is 89.9 Å². The summed E-state index contributed by atoms with van der Waals surface area (Å²) < 4.78 is 8.91. The zero-order valence-corrected chi connectivity index (χ0v) is 15.5. The van der Waals surface area contributed by atoms with E-state index >= 15 is 0 Å². The molecule has 27 heavy (non-hydrogen) atoms. The second-order valence-corrected chi connectivity index (χ2v) is 7.15. The van der Waals surface area contributed by atoms with Crippen LogP contribution < -0.4 is 9.54 Å². The van der Waals surface area contributed by atoms with Crippen LogP contribution >= 0.6 is 11.3 Å². The summed E-state index contributed by atoms with van der Waals surface area (Å²) in [6.07, 6.45) is -0.667. The predicted octanol–water partition coefficient (Wildman–Crippen LogP) is 4.03. The highest BCUT2D eigenvalue weighted by molar-refractivity contribution is 7.16. The maximum atomic E-state index is 10.3. The smallest absolute Gasteiger partial charge is 0.190 e. The summed E-state index contributed by atoms with van der Waals surface area (Å²) in [5.41, 5.74) is 2.17. The molecular formula is C22H20N2O2S. The molecule has 0 aliphatic rings. The topological polar surface area (TPSA) is 46.8 Å². The van der Waals surface area contributed by atoms with Crippen LogP contribution in [0.4, 0.5) is 0 Å². The average Bonchev–Trinajstić information content (AvgIpc) is 3.10. The van der Waals surface area contributed by atoms with E-state index in [4.69, 9.17) is 4.74 Å². The lowest BCUT2D eigenvalue weighted by Gasteiger charge is -2.10. The van der Waals surface area contributed by atoms with E-state index < -0.39 is 6.10 Å². The fraction of sp³-hybridized carbons (Fsp3) is 0.136. The molecule has 4 aromatic rings. The number of aliphatic hydroxyl groups excluding tert-OH is 1. The Bertz CT molecular complexity index is 1070. The first-order valence-electron chi connectivity index (χ1n) is 8.84. The number of thiazole rings is 1. The number of hydrogen-bond donors (Lipinski definition) is 1. The van der Waals surface area contributed by atoms with Gasteiger partial charge in [-0.1, -0.05) is 59.9 Å². The highest BCUT2D eigenvalue weighted by atomic mass is 32.1. The van der Waals surface area contributed by atoms with Crippen LogP contribution in [0.25, 0.3) is 15.9 Å². The fourth-order valence-corrected chi connectivity index (χ4v) is 3.89. The minimum atomic E-state index is -0.667. The fourth-order valence-electron chi connectivity index (χ4n) is 2.85. The van der Waals surface area contributed by atoms with Crippen molar-refractivity contribution in [1.29, 1.82) is 0 Å². The number of aromatic nitrogens is 1. The molecule has 4 nitrogen and oxygen atoms in total. The summed E-state index contributed by atoms with van der Waals surface area (Å²) in [5.74, 6) is 0.748. The lowest BCUT2D eigenvalue weighted by molar-refractivity contribution is 0.114. The molecule has 0 aliphatic carbocycles. The summed E-state index contributed by atoms with van der Waals surface area (Å²) in [4.78, 5) is 5.55. The molecule has 0 fully saturated rings. The Morgan fingerprint density at radius 2 is 1.56 bits per heavy atom. The summed E-state index contributed by atoms with van der Waals surface area (Å²) in [6.45, 7) is 0.496. The molecule has 1 aromatic heterocycles. The van der Waals surface area contributed by atoms with Crippen LogP contribution in [0.3, 0.4) is 0 Å². The molecule has 136 valence electrons. The minimum absolute atomic E-state index is 0.212. The van der Waals surface area contributed by atoms with Gasteiger partial charge in [0.1, 0.15) is 18.5 Å². The third-order valence-corrected chi connectivity index (χ3v) is 5.20. The Kier molecular flexibility index (Phi) is 5.32. The van der Waals surface area contributed by atoms with Gasteiger partial charge in [-0.05, 0) is 36.4 Å². The van der Waals surface area contributed by atoms with Gasteiger partial charge in [0.2, 0.25) is 0 Å². The third-order valence-electron chi connectivity index (χ3n) is 4.14. The Hall–Kier alpha value is -2.89. The first-order valence-corrected chi connectivity index (χ1v) is 9.65. The molecule has 0 unspecified atom stereocenters. The van der Waals surface area contributed by atoms with Crippen molar-refractivity contribution in [3.05, 3.63) is 89.7 Å². The summed E-state index contributed by atoms with van der Waals surface area (Å²) in [7, 11) is 0. The zero-order chi connectivity index (χ0) is 18.5. The lowest BCUT2D eigenvalue weighted by atomic mass is 10.3. The van der Waals surface area contributed by atoms with Gasteiger partial charge >= 0.3 is 0 Å². The molecule has 5 heteroatoms. The number of benzene rings is 3. The van der Waals surface area contributed by atoms with E-state index in [0.717, 1.165) is 26.5 Å². The Morgan fingerprint density at radius 3 is 2.33 bits per heavy atom. The van der Waals surface area contributed by atoms with Crippen molar-refractivity contribution in [2.75, 3.05) is 13.2 Å². The van der Waals surface area contributed by atoms with Gasteiger partial charge in [-0.3, -0.25) is 9.56 Å². The number of rotatable bonds is 6. The van der Waals surface area contributed by atoms with Gasteiger partial charge < -0.3 is 9.84 Å². The van der Waals surface area contributed by atoms with Crippen LogP contribution in [0.2, 0.25) is 0 Å². The van der Waals surface area contributed by atoms with E-state index in [2.05, 4.69) is 33.8 Å². The number of aliphatic hydroxyl groups is 1. The van der Waals surface area contributed by atoms with Gasteiger partial charge in [-0.25, -0.2) is 0 Å².